The zero-order valence-electron chi connectivity index (χ0n) is 12.2. The molecule has 0 fully saturated rings. The number of nitrogens with one attached hydrogen (secondary N) is 1. The average molecular weight is 308 g/mol. The van der Waals surface area contributed by atoms with Gasteiger partial charge in [0.15, 0.2) is 0 Å². The SMILES string of the molecule is CC(C)NCc1ccccc1COc1ccc(F)c(Cl)c1. The van der Waals surface area contributed by atoms with Crippen molar-refractivity contribution in [3.63, 3.8) is 0 Å². The number of hydrogen-bond acceptors (Lipinski definition) is 2. The molecule has 2 nitrogen and oxygen atoms in total. The summed E-state index contributed by atoms with van der Waals surface area (Å²) in [5.41, 5.74) is 2.30. The molecule has 0 bridgehead atoms. The van der Waals surface area contributed by atoms with Crippen molar-refractivity contribution in [2.24, 2.45) is 0 Å². The van der Waals surface area contributed by atoms with E-state index in [9.17, 15) is 4.39 Å². The van der Waals surface area contributed by atoms with E-state index in [0.29, 0.717) is 18.4 Å². The molecular formula is C17H19ClFNO. The second-order valence-electron chi connectivity index (χ2n) is 5.17. The van der Waals surface area contributed by atoms with Crippen LogP contribution in [0.2, 0.25) is 5.02 Å². The van der Waals surface area contributed by atoms with Crippen molar-refractivity contribution in [1.29, 1.82) is 0 Å². The first-order valence-electron chi connectivity index (χ1n) is 6.94. The predicted octanol–water partition coefficient (Wildman–Crippen LogP) is 4.56. The quantitative estimate of drug-likeness (QED) is 0.845. The molecule has 0 unspecified atom stereocenters. The van der Waals surface area contributed by atoms with Gasteiger partial charge in [-0.25, -0.2) is 4.39 Å². The lowest BCUT2D eigenvalue weighted by atomic mass is 10.1. The zero-order chi connectivity index (χ0) is 15.2. The van der Waals surface area contributed by atoms with Gasteiger partial charge in [-0.1, -0.05) is 49.7 Å². The van der Waals surface area contributed by atoms with Crippen LogP contribution in [0.3, 0.4) is 0 Å². The second-order valence-corrected chi connectivity index (χ2v) is 5.58. The van der Waals surface area contributed by atoms with E-state index in [4.69, 9.17) is 16.3 Å². The summed E-state index contributed by atoms with van der Waals surface area (Å²) in [5, 5.41) is 3.46. The Kier molecular flexibility index (Phi) is 5.59. The molecular weight excluding hydrogens is 289 g/mol. The molecule has 0 aromatic heterocycles. The molecule has 4 heteroatoms. The summed E-state index contributed by atoms with van der Waals surface area (Å²) in [6.07, 6.45) is 0. The smallest absolute Gasteiger partial charge is 0.142 e. The van der Waals surface area contributed by atoms with E-state index in [1.165, 1.54) is 17.7 Å². The Bertz CT molecular complexity index is 601. The Morgan fingerprint density at radius 3 is 2.52 bits per heavy atom. The Balaban J connectivity index is 2.03. The van der Waals surface area contributed by atoms with Crippen LogP contribution in [0.15, 0.2) is 42.5 Å². The van der Waals surface area contributed by atoms with Gasteiger partial charge < -0.3 is 10.1 Å². The van der Waals surface area contributed by atoms with Gasteiger partial charge in [0, 0.05) is 18.7 Å². The van der Waals surface area contributed by atoms with Crippen molar-refractivity contribution in [1.82, 2.24) is 5.32 Å². The van der Waals surface area contributed by atoms with E-state index >= 15 is 0 Å². The molecule has 0 saturated carbocycles. The van der Waals surface area contributed by atoms with Crippen LogP contribution in [-0.4, -0.2) is 6.04 Å². The van der Waals surface area contributed by atoms with Crippen LogP contribution in [0.4, 0.5) is 4.39 Å². The Labute approximate surface area is 129 Å². The summed E-state index contributed by atoms with van der Waals surface area (Å²) in [5.74, 6) is 0.124. The molecule has 2 rings (SSSR count). The van der Waals surface area contributed by atoms with Gasteiger partial charge >= 0.3 is 0 Å². The van der Waals surface area contributed by atoms with Crippen LogP contribution in [0.5, 0.6) is 5.75 Å². The van der Waals surface area contributed by atoms with Gasteiger partial charge in [0.05, 0.1) is 5.02 Å². The molecule has 0 saturated heterocycles. The Morgan fingerprint density at radius 1 is 1.14 bits per heavy atom. The van der Waals surface area contributed by atoms with Crippen LogP contribution >= 0.6 is 11.6 Å². The molecule has 112 valence electrons. The highest BCUT2D eigenvalue weighted by Gasteiger charge is 2.05. The summed E-state index contributed by atoms with van der Waals surface area (Å²) in [7, 11) is 0. The fourth-order valence-electron chi connectivity index (χ4n) is 1.91. The molecule has 2 aromatic carbocycles. The van der Waals surface area contributed by atoms with Gasteiger partial charge in [0.25, 0.3) is 0 Å². The number of halogens is 2. The maximum absolute atomic E-state index is 13.1. The Morgan fingerprint density at radius 2 is 1.86 bits per heavy atom. The van der Waals surface area contributed by atoms with E-state index in [1.54, 1.807) is 6.07 Å². The lowest BCUT2D eigenvalue weighted by Gasteiger charge is -2.13. The van der Waals surface area contributed by atoms with Crippen LogP contribution in [0.25, 0.3) is 0 Å². The zero-order valence-corrected chi connectivity index (χ0v) is 13.0. The topological polar surface area (TPSA) is 21.3 Å². The molecule has 0 heterocycles. The summed E-state index contributed by atoms with van der Waals surface area (Å²) >= 11 is 5.75. The first-order valence-corrected chi connectivity index (χ1v) is 7.32. The number of rotatable bonds is 6. The summed E-state index contributed by atoms with van der Waals surface area (Å²) in [6, 6.07) is 12.9. The molecule has 0 amide bonds. The maximum atomic E-state index is 13.1. The molecule has 1 N–H and O–H groups in total. The van der Waals surface area contributed by atoms with Crippen LogP contribution in [0, 0.1) is 5.82 Å². The van der Waals surface area contributed by atoms with Crippen molar-refractivity contribution < 1.29 is 9.13 Å². The molecule has 21 heavy (non-hydrogen) atoms. The first-order chi connectivity index (χ1) is 10.1. The largest absolute Gasteiger partial charge is 0.489 e. The second kappa shape index (κ2) is 7.43. The monoisotopic (exact) mass is 307 g/mol. The fourth-order valence-corrected chi connectivity index (χ4v) is 2.08. The number of hydrogen-bond donors (Lipinski definition) is 1. The van der Waals surface area contributed by atoms with Crippen LogP contribution in [0.1, 0.15) is 25.0 Å². The molecule has 0 aliphatic carbocycles. The average Bonchev–Trinajstić information content (AvgIpc) is 2.47. The maximum Gasteiger partial charge on any atom is 0.142 e. The molecule has 0 aliphatic heterocycles. The lowest BCUT2D eigenvalue weighted by Crippen LogP contribution is -2.22. The highest BCUT2D eigenvalue weighted by Crippen LogP contribution is 2.22. The molecule has 2 aromatic rings. The number of benzene rings is 2. The van der Waals surface area contributed by atoms with Gasteiger partial charge in [0.2, 0.25) is 0 Å². The minimum atomic E-state index is -0.439. The van der Waals surface area contributed by atoms with Gasteiger partial charge in [0.1, 0.15) is 18.2 Å². The third-order valence-electron chi connectivity index (χ3n) is 3.10. The van der Waals surface area contributed by atoms with E-state index in [1.807, 2.05) is 18.2 Å². The van der Waals surface area contributed by atoms with Crippen LogP contribution < -0.4 is 10.1 Å². The fraction of sp³-hybridized carbons (Fsp3) is 0.294. The summed E-state index contributed by atoms with van der Waals surface area (Å²) in [4.78, 5) is 0. The van der Waals surface area contributed by atoms with Crippen molar-refractivity contribution in [2.75, 3.05) is 0 Å². The lowest BCUT2D eigenvalue weighted by molar-refractivity contribution is 0.304. The minimum absolute atomic E-state index is 0.0715. The van der Waals surface area contributed by atoms with Gasteiger partial charge in [-0.3, -0.25) is 0 Å². The third kappa shape index (κ3) is 4.73. The van der Waals surface area contributed by atoms with Crippen molar-refractivity contribution in [2.45, 2.75) is 33.0 Å². The summed E-state index contributed by atoms with van der Waals surface area (Å²) < 4.78 is 18.8. The third-order valence-corrected chi connectivity index (χ3v) is 3.39. The molecule has 0 atom stereocenters. The van der Waals surface area contributed by atoms with Crippen molar-refractivity contribution in [3.8, 4) is 5.75 Å². The van der Waals surface area contributed by atoms with E-state index in [-0.39, 0.29) is 5.02 Å². The Hall–Kier alpha value is -1.58. The minimum Gasteiger partial charge on any atom is -0.489 e. The van der Waals surface area contributed by atoms with E-state index in [0.717, 1.165) is 12.1 Å². The van der Waals surface area contributed by atoms with Gasteiger partial charge in [-0.05, 0) is 23.3 Å². The highest BCUT2D eigenvalue weighted by atomic mass is 35.5. The first kappa shape index (κ1) is 15.8. The molecule has 0 radical (unpaired) electrons. The van der Waals surface area contributed by atoms with E-state index in [2.05, 4.69) is 25.2 Å². The van der Waals surface area contributed by atoms with Gasteiger partial charge in [-0.15, -0.1) is 0 Å². The van der Waals surface area contributed by atoms with Crippen molar-refractivity contribution in [3.05, 3.63) is 64.4 Å². The molecule has 0 aliphatic rings. The molecule has 0 spiro atoms. The van der Waals surface area contributed by atoms with Crippen LogP contribution in [-0.2, 0) is 13.2 Å². The van der Waals surface area contributed by atoms with Crippen molar-refractivity contribution >= 4 is 11.6 Å². The van der Waals surface area contributed by atoms with Gasteiger partial charge in [-0.2, -0.15) is 0 Å². The predicted molar refractivity (Wildman–Crippen MR) is 84.2 cm³/mol. The number of ether oxygens (including phenoxy) is 1. The van der Waals surface area contributed by atoms with E-state index < -0.39 is 5.82 Å². The normalized spacial score (nSPS) is 10.9. The summed E-state index contributed by atoms with van der Waals surface area (Å²) in [6.45, 7) is 5.44. The standard InChI is InChI=1S/C17H19ClFNO/c1-12(2)20-10-13-5-3-4-6-14(13)11-21-15-7-8-17(19)16(18)9-15/h3-9,12,20H,10-11H2,1-2H3. The highest BCUT2D eigenvalue weighted by molar-refractivity contribution is 6.30.